The minimum atomic E-state index is -0.475. The number of nitrogens with two attached hydrogens (primary N) is 1. The highest BCUT2D eigenvalue weighted by atomic mass is 16.7. The van der Waals surface area contributed by atoms with Crippen LogP contribution in [0.1, 0.15) is 35.8 Å². The summed E-state index contributed by atoms with van der Waals surface area (Å²) in [6, 6.07) is 7.71. The highest BCUT2D eigenvalue weighted by Crippen LogP contribution is 2.31. The molecule has 5 nitrogen and oxygen atoms in total. The molecule has 1 aromatic carbocycles. The Bertz CT molecular complexity index is 642. The number of ether oxygens (including phenoxy) is 2. The van der Waals surface area contributed by atoms with Crippen molar-refractivity contribution < 1.29 is 14.3 Å². The van der Waals surface area contributed by atoms with Gasteiger partial charge in [-0.1, -0.05) is 25.1 Å². The maximum Gasteiger partial charge on any atom is 0.251 e. The van der Waals surface area contributed by atoms with E-state index in [1.165, 1.54) is 0 Å². The van der Waals surface area contributed by atoms with E-state index in [1.807, 2.05) is 35.8 Å². The molecule has 0 atom stereocenters. The molecule has 1 amide bonds. The van der Waals surface area contributed by atoms with Gasteiger partial charge >= 0.3 is 0 Å². The third-order valence-corrected chi connectivity index (χ3v) is 3.61. The second-order valence-corrected chi connectivity index (χ2v) is 4.83. The lowest BCUT2D eigenvalue weighted by Gasteiger charge is -2.26. The molecule has 0 saturated carbocycles. The molecule has 2 aromatic rings. The molecule has 2 heterocycles. The van der Waals surface area contributed by atoms with Gasteiger partial charge in [-0.3, -0.25) is 9.36 Å². The topological polar surface area (TPSA) is 66.5 Å². The number of para-hydroxylation sites is 1. The van der Waals surface area contributed by atoms with Gasteiger partial charge in [0.25, 0.3) is 5.91 Å². The number of nitrogens with zero attached hydrogens (tertiary/aromatic N) is 1. The van der Waals surface area contributed by atoms with Crippen LogP contribution in [0, 0.1) is 0 Å². The second-order valence-electron chi connectivity index (χ2n) is 4.83. The Morgan fingerprint density at radius 1 is 1.35 bits per heavy atom. The summed E-state index contributed by atoms with van der Waals surface area (Å²) in [5.41, 5.74) is 7.92. The van der Waals surface area contributed by atoms with Crippen molar-refractivity contribution >= 4 is 16.8 Å². The molecule has 3 rings (SSSR count). The van der Waals surface area contributed by atoms with Gasteiger partial charge in [0, 0.05) is 11.1 Å². The molecular weight excluding hydrogens is 256 g/mol. The number of fused-ring (bicyclic) bond motifs is 1. The molecule has 1 fully saturated rings. The fourth-order valence-electron chi connectivity index (χ4n) is 2.80. The quantitative estimate of drug-likeness (QED) is 0.933. The first kappa shape index (κ1) is 13.1. The molecular formula is C15H18N2O3. The Kier molecular flexibility index (Phi) is 3.46. The number of hydrogen-bond acceptors (Lipinski definition) is 3. The Morgan fingerprint density at radius 2 is 2.05 bits per heavy atom. The van der Waals surface area contributed by atoms with E-state index in [-0.39, 0.29) is 0 Å². The van der Waals surface area contributed by atoms with Gasteiger partial charge in [0.2, 0.25) is 6.41 Å². The Hall–Kier alpha value is -1.85. The van der Waals surface area contributed by atoms with Gasteiger partial charge < -0.3 is 15.2 Å². The summed E-state index contributed by atoms with van der Waals surface area (Å²) in [4.78, 5) is 11.8. The zero-order valence-electron chi connectivity index (χ0n) is 11.5. The number of benzene rings is 1. The van der Waals surface area contributed by atoms with E-state index in [1.54, 1.807) is 0 Å². The summed E-state index contributed by atoms with van der Waals surface area (Å²) >= 11 is 0. The number of hydrogen-bond donors (Lipinski definition) is 1. The van der Waals surface area contributed by atoms with Crippen LogP contribution in [0.5, 0.6) is 0 Å². The van der Waals surface area contributed by atoms with Crippen molar-refractivity contribution in [1.82, 2.24) is 4.57 Å². The van der Waals surface area contributed by atoms with Gasteiger partial charge in [-0.05, 0) is 18.9 Å². The van der Waals surface area contributed by atoms with Crippen LogP contribution in [0.15, 0.2) is 24.3 Å². The minimum Gasteiger partial charge on any atom is -0.366 e. The molecule has 2 N–H and O–H groups in total. The minimum absolute atomic E-state index is 0.410. The van der Waals surface area contributed by atoms with Crippen LogP contribution in [-0.4, -0.2) is 23.7 Å². The van der Waals surface area contributed by atoms with Gasteiger partial charge in [0.05, 0.1) is 24.3 Å². The third-order valence-electron chi connectivity index (χ3n) is 3.61. The summed E-state index contributed by atoms with van der Waals surface area (Å²) in [7, 11) is 0. The molecule has 0 spiro atoms. The van der Waals surface area contributed by atoms with Crippen molar-refractivity contribution in [3.8, 4) is 0 Å². The van der Waals surface area contributed by atoms with Crippen LogP contribution < -0.4 is 5.73 Å². The van der Waals surface area contributed by atoms with E-state index in [4.69, 9.17) is 15.2 Å². The predicted octanol–water partition coefficient (Wildman–Crippen LogP) is 2.20. The maximum atomic E-state index is 11.8. The van der Waals surface area contributed by atoms with E-state index in [0.29, 0.717) is 25.2 Å². The van der Waals surface area contributed by atoms with Crippen LogP contribution in [0.2, 0.25) is 0 Å². The van der Waals surface area contributed by atoms with Crippen LogP contribution in [-0.2, 0) is 15.9 Å². The lowest BCUT2D eigenvalue weighted by atomic mass is 10.1. The van der Waals surface area contributed by atoms with Crippen molar-refractivity contribution in [2.75, 3.05) is 13.2 Å². The third kappa shape index (κ3) is 1.99. The number of carbonyl (C=O) groups excluding carboxylic acids is 1. The Morgan fingerprint density at radius 3 is 2.70 bits per heavy atom. The van der Waals surface area contributed by atoms with Crippen molar-refractivity contribution in [2.45, 2.75) is 26.2 Å². The number of rotatable bonds is 3. The van der Waals surface area contributed by atoms with Crippen molar-refractivity contribution in [3.63, 3.8) is 0 Å². The smallest absolute Gasteiger partial charge is 0.251 e. The van der Waals surface area contributed by atoms with E-state index >= 15 is 0 Å². The fourth-order valence-corrected chi connectivity index (χ4v) is 2.80. The second kappa shape index (κ2) is 5.26. The zero-order chi connectivity index (χ0) is 14.1. The largest absolute Gasteiger partial charge is 0.366 e. The number of aromatic nitrogens is 1. The van der Waals surface area contributed by atoms with Crippen LogP contribution in [0.4, 0.5) is 0 Å². The first-order chi connectivity index (χ1) is 9.74. The van der Waals surface area contributed by atoms with Crippen molar-refractivity contribution in [2.24, 2.45) is 5.73 Å². The lowest BCUT2D eigenvalue weighted by Crippen LogP contribution is -2.25. The van der Waals surface area contributed by atoms with Gasteiger partial charge in [0.1, 0.15) is 0 Å². The highest BCUT2D eigenvalue weighted by Gasteiger charge is 2.26. The van der Waals surface area contributed by atoms with E-state index in [9.17, 15) is 4.79 Å². The van der Waals surface area contributed by atoms with Crippen LogP contribution in [0.3, 0.4) is 0 Å². The SMILES string of the molecule is CCc1c(C(N)=O)c2ccccc2n1C1OCCCO1. The van der Waals surface area contributed by atoms with Gasteiger partial charge in [-0.15, -0.1) is 0 Å². The average molecular weight is 274 g/mol. The summed E-state index contributed by atoms with van der Waals surface area (Å²) < 4.78 is 13.3. The molecule has 20 heavy (non-hydrogen) atoms. The van der Waals surface area contributed by atoms with Crippen LogP contribution >= 0.6 is 0 Å². The first-order valence-corrected chi connectivity index (χ1v) is 6.88. The standard InChI is InChI=1S/C15H18N2O3/c1-2-11-13(14(16)18)10-6-3-4-7-12(10)17(11)15-19-8-5-9-20-15/h3-4,6-7,15H,2,5,8-9H2,1H3,(H2,16,18). The number of amides is 1. The molecule has 0 aliphatic carbocycles. The summed E-state index contributed by atoms with van der Waals surface area (Å²) in [5.74, 6) is -0.410. The Labute approximate surface area is 117 Å². The lowest BCUT2D eigenvalue weighted by molar-refractivity contribution is -0.222. The predicted molar refractivity (Wildman–Crippen MR) is 75.4 cm³/mol. The van der Waals surface area contributed by atoms with Gasteiger partial charge in [-0.25, -0.2) is 0 Å². The summed E-state index contributed by atoms with van der Waals surface area (Å²) in [6.45, 7) is 3.32. The summed E-state index contributed by atoms with van der Waals surface area (Å²) in [5, 5.41) is 0.856. The maximum absolute atomic E-state index is 11.8. The highest BCUT2D eigenvalue weighted by molar-refractivity contribution is 6.07. The molecule has 0 radical (unpaired) electrons. The molecule has 1 saturated heterocycles. The molecule has 1 aromatic heterocycles. The molecule has 1 aliphatic rings. The molecule has 5 heteroatoms. The molecule has 0 bridgehead atoms. The van der Waals surface area contributed by atoms with E-state index < -0.39 is 12.3 Å². The summed E-state index contributed by atoms with van der Waals surface area (Å²) in [6.07, 6.45) is 1.10. The molecule has 1 aliphatic heterocycles. The Balaban J connectivity index is 2.26. The number of carbonyl (C=O) groups is 1. The fraction of sp³-hybridized carbons (Fsp3) is 0.400. The van der Waals surface area contributed by atoms with Gasteiger partial charge in [0.15, 0.2) is 0 Å². The monoisotopic (exact) mass is 274 g/mol. The molecule has 106 valence electrons. The zero-order valence-corrected chi connectivity index (χ0v) is 11.5. The number of primary amides is 1. The van der Waals surface area contributed by atoms with E-state index in [2.05, 4.69) is 0 Å². The molecule has 0 unspecified atom stereocenters. The van der Waals surface area contributed by atoms with Crippen molar-refractivity contribution in [1.29, 1.82) is 0 Å². The average Bonchev–Trinajstić information content (AvgIpc) is 2.82. The van der Waals surface area contributed by atoms with Crippen LogP contribution in [0.25, 0.3) is 10.9 Å². The van der Waals surface area contributed by atoms with E-state index in [0.717, 1.165) is 23.0 Å². The first-order valence-electron chi connectivity index (χ1n) is 6.88. The normalized spacial score (nSPS) is 16.6. The van der Waals surface area contributed by atoms with Crippen molar-refractivity contribution in [3.05, 3.63) is 35.5 Å². The van der Waals surface area contributed by atoms with Gasteiger partial charge in [-0.2, -0.15) is 0 Å².